The summed E-state index contributed by atoms with van der Waals surface area (Å²) in [7, 11) is 3.79. The maximum absolute atomic E-state index is 12.3. The van der Waals surface area contributed by atoms with Crippen LogP contribution in [0.1, 0.15) is 22.6 Å². The van der Waals surface area contributed by atoms with E-state index in [1.807, 2.05) is 19.3 Å². The van der Waals surface area contributed by atoms with Gasteiger partial charge in [-0.25, -0.2) is 9.78 Å². The number of carbonyl (C=O) groups is 1. The number of imidazole rings is 1. The molecule has 0 aliphatic heterocycles. The minimum atomic E-state index is -0.0953. The van der Waals surface area contributed by atoms with Crippen LogP contribution in [0.15, 0.2) is 30.5 Å². The van der Waals surface area contributed by atoms with E-state index >= 15 is 0 Å². The zero-order valence-electron chi connectivity index (χ0n) is 15.3. The molecular formula is C19H25N5O. The van der Waals surface area contributed by atoms with E-state index in [0.29, 0.717) is 13.1 Å². The summed E-state index contributed by atoms with van der Waals surface area (Å²) in [4.78, 5) is 21.8. The third-order valence-corrected chi connectivity index (χ3v) is 4.59. The second kappa shape index (κ2) is 7.01. The molecule has 25 heavy (non-hydrogen) atoms. The zero-order chi connectivity index (χ0) is 18.0. The molecule has 3 rings (SSSR count). The summed E-state index contributed by atoms with van der Waals surface area (Å²) in [5.74, 6) is 0.792. The Hall–Kier alpha value is -2.76. The van der Waals surface area contributed by atoms with E-state index in [1.165, 1.54) is 16.8 Å². The average molecular weight is 339 g/mol. The molecule has 6 nitrogen and oxygen atoms in total. The van der Waals surface area contributed by atoms with E-state index in [9.17, 15) is 4.79 Å². The first kappa shape index (κ1) is 17.1. The van der Waals surface area contributed by atoms with Gasteiger partial charge in [0.15, 0.2) is 0 Å². The van der Waals surface area contributed by atoms with Crippen molar-refractivity contribution in [2.45, 2.75) is 26.8 Å². The fourth-order valence-electron chi connectivity index (χ4n) is 2.88. The number of rotatable bonds is 5. The standard InChI is InChI=1S/C19H25N5O/c1-13-10-16-17(11-14(13)2)22-18(21-16)12-24(4)19(25)20-8-7-15-6-5-9-23(15)3/h5-6,9-11H,7-8,12H2,1-4H3,(H,20,25)(H,21,22). The number of aryl methyl sites for hydroxylation is 3. The number of hydrogen-bond acceptors (Lipinski definition) is 2. The van der Waals surface area contributed by atoms with Gasteiger partial charge in [0.05, 0.1) is 17.6 Å². The summed E-state index contributed by atoms with van der Waals surface area (Å²) in [6, 6.07) is 8.15. The molecule has 0 saturated heterocycles. The average Bonchev–Trinajstić information content (AvgIpc) is 3.13. The van der Waals surface area contributed by atoms with E-state index in [4.69, 9.17) is 0 Å². The third-order valence-electron chi connectivity index (χ3n) is 4.59. The van der Waals surface area contributed by atoms with Gasteiger partial charge in [-0.2, -0.15) is 0 Å². The van der Waals surface area contributed by atoms with Gasteiger partial charge in [-0.1, -0.05) is 0 Å². The summed E-state index contributed by atoms with van der Waals surface area (Å²) in [6.45, 7) is 5.22. The van der Waals surface area contributed by atoms with Crippen molar-refractivity contribution in [3.8, 4) is 0 Å². The first-order valence-corrected chi connectivity index (χ1v) is 8.49. The number of fused-ring (bicyclic) bond motifs is 1. The second-order valence-corrected chi connectivity index (χ2v) is 6.59. The van der Waals surface area contributed by atoms with Gasteiger partial charge in [-0.05, 0) is 49.2 Å². The molecule has 0 aliphatic rings. The highest BCUT2D eigenvalue weighted by atomic mass is 16.2. The van der Waals surface area contributed by atoms with Gasteiger partial charge in [0.1, 0.15) is 5.82 Å². The molecule has 0 unspecified atom stereocenters. The highest BCUT2D eigenvalue weighted by Crippen LogP contribution is 2.17. The molecule has 0 aliphatic carbocycles. The summed E-state index contributed by atoms with van der Waals surface area (Å²) < 4.78 is 2.06. The molecule has 0 saturated carbocycles. The van der Waals surface area contributed by atoms with E-state index in [-0.39, 0.29) is 6.03 Å². The molecule has 2 amide bonds. The van der Waals surface area contributed by atoms with E-state index < -0.39 is 0 Å². The second-order valence-electron chi connectivity index (χ2n) is 6.59. The maximum Gasteiger partial charge on any atom is 0.317 e. The summed E-state index contributed by atoms with van der Waals surface area (Å²) in [5, 5.41) is 2.95. The first-order chi connectivity index (χ1) is 11.9. The van der Waals surface area contributed by atoms with Crippen LogP contribution in [0.5, 0.6) is 0 Å². The normalized spacial score (nSPS) is 11.0. The Morgan fingerprint density at radius 2 is 2.08 bits per heavy atom. The van der Waals surface area contributed by atoms with Gasteiger partial charge in [-0.3, -0.25) is 0 Å². The number of benzene rings is 1. The lowest BCUT2D eigenvalue weighted by molar-refractivity contribution is 0.206. The maximum atomic E-state index is 12.3. The Morgan fingerprint density at radius 3 is 2.80 bits per heavy atom. The minimum Gasteiger partial charge on any atom is -0.354 e. The number of carbonyl (C=O) groups excluding carboxylic acids is 1. The Morgan fingerprint density at radius 1 is 1.32 bits per heavy atom. The summed E-state index contributed by atoms with van der Waals surface area (Å²) in [5.41, 5.74) is 5.60. The van der Waals surface area contributed by atoms with Crippen molar-refractivity contribution in [2.24, 2.45) is 7.05 Å². The molecule has 6 heteroatoms. The van der Waals surface area contributed by atoms with Crippen LogP contribution in [0, 0.1) is 13.8 Å². The van der Waals surface area contributed by atoms with Crippen molar-refractivity contribution in [1.82, 2.24) is 24.8 Å². The van der Waals surface area contributed by atoms with Crippen molar-refractivity contribution in [1.29, 1.82) is 0 Å². The highest BCUT2D eigenvalue weighted by molar-refractivity contribution is 5.77. The Balaban J connectivity index is 1.56. The fraction of sp³-hybridized carbons (Fsp3) is 0.368. The van der Waals surface area contributed by atoms with Gasteiger partial charge in [0.25, 0.3) is 0 Å². The first-order valence-electron chi connectivity index (χ1n) is 8.49. The molecule has 2 aromatic heterocycles. The molecule has 0 fully saturated rings. The molecule has 0 spiro atoms. The Bertz CT molecular complexity index is 853. The molecule has 132 valence electrons. The van der Waals surface area contributed by atoms with Crippen LogP contribution < -0.4 is 5.32 Å². The Labute approximate surface area is 147 Å². The predicted molar refractivity (Wildman–Crippen MR) is 99.6 cm³/mol. The number of H-pyrrole nitrogens is 1. The number of nitrogens with zero attached hydrogens (tertiary/aromatic N) is 3. The number of aromatic nitrogens is 3. The largest absolute Gasteiger partial charge is 0.354 e. The van der Waals surface area contributed by atoms with Crippen LogP contribution in [0.25, 0.3) is 11.0 Å². The molecule has 3 aromatic rings. The smallest absolute Gasteiger partial charge is 0.317 e. The summed E-state index contributed by atoms with van der Waals surface area (Å²) in [6.07, 6.45) is 2.82. The van der Waals surface area contributed by atoms with Crippen LogP contribution in [0.4, 0.5) is 4.79 Å². The topological polar surface area (TPSA) is 66.0 Å². The molecule has 0 atom stereocenters. The molecule has 2 heterocycles. The molecule has 1 aromatic carbocycles. The number of aromatic amines is 1. The lowest BCUT2D eigenvalue weighted by Crippen LogP contribution is -2.38. The Kier molecular flexibility index (Phi) is 4.79. The van der Waals surface area contributed by atoms with Gasteiger partial charge >= 0.3 is 6.03 Å². The van der Waals surface area contributed by atoms with Crippen LogP contribution in [0.3, 0.4) is 0 Å². The van der Waals surface area contributed by atoms with Crippen molar-refractivity contribution in [3.05, 3.63) is 53.1 Å². The quantitative estimate of drug-likeness (QED) is 0.750. The summed E-state index contributed by atoms with van der Waals surface area (Å²) >= 11 is 0. The zero-order valence-corrected chi connectivity index (χ0v) is 15.3. The number of amides is 2. The van der Waals surface area contributed by atoms with Gasteiger partial charge in [0.2, 0.25) is 0 Å². The van der Waals surface area contributed by atoms with Crippen molar-refractivity contribution in [3.63, 3.8) is 0 Å². The molecular weight excluding hydrogens is 314 g/mol. The fourth-order valence-corrected chi connectivity index (χ4v) is 2.88. The van der Waals surface area contributed by atoms with E-state index in [0.717, 1.165) is 23.3 Å². The van der Waals surface area contributed by atoms with E-state index in [2.05, 4.69) is 51.9 Å². The van der Waals surface area contributed by atoms with Gasteiger partial charge < -0.3 is 19.8 Å². The predicted octanol–water partition coefficient (Wildman–Crippen LogP) is 2.90. The van der Waals surface area contributed by atoms with E-state index in [1.54, 1.807) is 11.9 Å². The van der Waals surface area contributed by atoms with Crippen molar-refractivity contribution in [2.75, 3.05) is 13.6 Å². The number of hydrogen-bond donors (Lipinski definition) is 2. The van der Waals surface area contributed by atoms with Crippen LogP contribution in [-0.4, -0.2) is 39.1 Å². The monoisotopic (exact) mass is 339 g/mol. The highest BCUT2D eigenvalue weighted by Gasteiger charge is 2.12. The van der Waals surface area contributed by atoms with Gasteiger partial charge in [-0.15, -0.1) is 0 Å². The molecule has 0 bridgehead atoms. The number of nitrogens with one attached hydrogen (secondary N) is 2. The lowest BCUT2D eigenvalue weighted by atomic mass is 10.1. The SMILES string of the molecule is Cc1cc2nc(CN(C)C(=O)NCCc3cccn3C)[nH]c2cc1C. The molecule has 0 radical (unpaired) electrons. The lowest BCUT2D eigenvalue weighted by Gasteiger charge is -2.16. The van der Waals surface area contributed by atoms with Crippen molar-refractivity contribution >= 4 is 17.1 Å². The van der Waals surface area contributed by atoms with Gasteiger partial charge in [0, 0.05) is 39.0 Å². The van der Waals surface area contributed by atoms with Crippen LogP contribution in [0.2, 0.25) is 0 Å². The van der Waals surface area contributed by atoms with Crippen LogP contribution in [-0.2, 0) is 20.0 Å². The van der Waals surface area contributed by atoms with Crippen molar-refractivity contribution < 1.29 is 4.79 Å². The molecule has 2 N–H and O–H groups in total. The number of urea groups is 1. The minimum absolute atomic E-state index is 0.0953. The van der Waals surface area contributed by atoms with Crippen LogP contribution >= 0.6 is 0 Å². The third kappa shape index (κ3) is 3.84.